The van der Waals surface area contributed by atoms with E-state index in [2.05, 4.69) is 26.3 Å². The van der Waals surface area contributed by atoms with Gasteiger partial charge in [-0.25, -0.2) is 18.0 Å². The Hall–Kier alpha value is -2.88. The lowest BCUT2D eigenvalue weighted by atomic mass is 9.81. The topological polar surface area (TPSA) is 107 Å². The summed E-state index contributed by atoms with van der Waals surface area (Å²) in [5, 5.41) is 9.68. The van der Waals surface area contributed by atoms with Gasteiger partial charge in [-0.15, -0.1) is 0 Å². The fourth-order valence-electron chi connectivity index (χ4n) is 5.85. The number of benzene rings is 2. The third kappa shape index (κ3) is 5.58. The van der Waals surface area contributed by atoms with Crippen molar-refractivity contribution in [2.45, 2.75) is 76.5 Å². The van der Waals surface area contributed by atoms with Gasteiger partial charge in [0.2, 0.25) is 10.0 Å². The van der Waals surface area contributed by atoms with Crippen LogP contribution < -0.4 is 9.46 Å². The van der Waals surface area contributed by atoms with Crippen LogP contribution in [0.4, 0.5) is 0 Å². The maximum Gasteiger partial charge on any atom is 0.264 e. The Morgan fingerprint density at radius 3 is 2.38 bits per heavy atom. The highest BCUT2D eigenvalue weighted by Gasteiger charge is 2.44. The number of sulfonamides is 1. The van der Waals surface area contributed by atoms with Crippen molar-refractivity contribution in [2.75, 3.05) is 13.7 Å². The zero-order chi connectivity index (χ0) is 27.8. The number of amides is 1. The van der Waals surface area contributed by atoms with Crippen molar-refractivity contribution in [3.63, 3.8) is 0 Å². The molecular weight excluding hydrogens is 516 g/mol. The molecule has 5 rings (SSSR count). The molecule has 0 radical (unpaired) electrons. The van der Waals surface area contributed by atoms with Crippen molar-refractivity contribution in [1.29, 1.82) is 0 Å². The summed E-state index contributed by atoms with van der Waals surface area (Å²) in [5.41, 5.74) is 4.44. The van der Waals surface area contributed by atoms with Crippen molar-refractivity contribution in [2.24, 2.45) is 5.41 Å². The number of hydrogen-bond donors (Lipinski definition) is 2. The second-order valence-corrected chi connectivity index (χ2v) is 13.7. The molecule has 8 nitrogen and oxygen atoms in total. The van der Waals surface area contributed by atoms with Gasteiger partial charge in [-0.05, 0) is 93.0 Å². The lowest BCUT2D eigenvalue weighted by Gasteiger charge is -2.24. The number of aromatic nitrogens is 1. The number of methoxy groups -OCH3 is 1. The van der Waals surface area contributed by atoms with E-state index in [0.717, 1.165) is 53.6 Å². The highest BCUT2D eigenvalue weighted by atomic mass is 32.2. The predicted octanol–water partition coefficient (Wildman–Crippen LogP) is 6.10. The van der Waals surface area contributed by atoms with Crippen LogP contribution in [0.15, 0.2) is 42.5 Å². The molecule has 1 aromatic heterocycles. The van der Waals surface area contributed by atoms with Gasteiger partial charge in [0, 0.05) is 28.4 Å². The Labute approximate surface area is 230 Å². The second kappa shape index (κ2) is 10.9. The van der Waals surface area contributed by atoms with Crippen LogP contribution in [0.1, 0.15) is 80.6 Å². The molecule has 0 saturated heterocycles. The normalized spacial score (nSPS) is 17.5. The number of ether oxygens (including phenoxy) is 1. The maximum absolute atomic E-state index is 13.1. The lowest BCUT2D eigenvalue weighted by Crippen LogP contribution is -2.35. The van der Waals surface area contributed by atoms with E-state index in [0.29, 0.717) is 18.0 Å². The lowest BCUT2D eigenvalue weighted by molar-refractivity contribution is -0.254. The molecule has 0 atom stereocenters. The first-order valence-corrected chi connectivity index (χ1v) is 15.4. The van der Waals surface area contributed by atoms with E-state index in [1.807, 2.05) is 24.3 Å². The van der Waals surface area contributed by atoms with Crippen molar-refractivity contribution < 1.29 is 28.1 Å². The number of nitrogens with zero attached hydrogens (tertiary/aromatic N) is 1. The second-order valence-electron chi connectivity index (χ2n) is 11.4. The number of hydrogen-bond acceptors (Lipinski definition) is 6. The van der Waals surface area contributed by atoms with Gasteiger partial charge in [-0.2, -0.15) is 0 Å². The van der Waals surface area contributed by atoms with Gasteiger partial charge in [0.1, 0.15) is 5.75 Å². The van der Waals surface area contributed by atoms with Crippen molar-refractivity contribution >= 4 is 26.8 Å². The van der Waals surface area contributed by atoms with Gasteiger partial charge in [0.05, 0.1) is 24.7 Å². The molecule has 0 spiro atoms. The Kier molecular flexibility index (Phi) is 7.77. The summed E-state index contributed by atoms with van der Waals surface area (Å²) in [6.07, 6.45) is 7.65. The summed E-state index contributed by atoms with van der Waals surface area (Å²) in [6.45, 7) is 3.94. The quantitative estimate of drug-likeness (QED) is 0.232. The highest BCUT2D eigenvalue weighted by Crippen LogP contribution is 2.51. The third-order valence-electron chi connectivity index (χ3n) is 8.42. The Morgan fingerprint density at radius 1 is 1.10 bits per heavy atom. The summed E-state index contributed by atoms with van der Waals surface area (Å²) in [7, 11) is -2.12. The van der Waals surface area contributed by atoms with E-state index in [4.69, 9.17) is 4.74 Å². The average molecular weight is 555 g/mol. The van der Waals surface area contributed by atoms with Gasteiger partial charge in [-0.3, -0.25) is 10.1 Å². The summed E-state index contributed by atoms with van der Waals surface area (Å²) in [6, 6.07) is 13.6. The Balaban J connectivity index is 1.71. The van der Waals surface area contributed by atoms with Crippen molar-refractivity contribution in [3.8, 4) is 17.0 Å². The Morgan fingerprint density at radius 2 is 1.79 bits per heavy atom. The van der Waals surface area contributed by atoms with Crippen molar-refractivity contribution in [1.82, 2.24) is 9.29 Å². The van der Waals surface area contributed by atoms with Crippen LogP contribution in [0, 0.1) is 5.41 Å². The fourth-order valence-corrected chi connectivity index (χ4v) is 6.46. The van der Waals surface area contributed by atoms with Crippen molar-refractivity contribution in [3.05, 3.63) is 53.6 Å². The van der Waals surface area contributed by atoms with Crippen LogP contribution in [-0.4, -0.2) is 43.1 Å². The minimum atomic E-state index is -3.77. The Bertz CT molecular complexity index is 1450. The van der Waals surface area contributed by atoms with Gasteiger partial charge in [-0.1, -0.05) is 25.3 Å². The molecule has 1 amide bonds. The largest absolute Gasteiger partial charge is 0.497 e. The van der Waals surface area contributed by atoms with E-state index < -0.39 is 21.2 Å². The highest BCUT2D eigenvalue weighted by molar-refractivity contribution is 7.90. The molecule has 2 saturated carbocycles. The summed E-state index contributed by atoms with van der Waals surface area (Å²) in [5.74, 6) is 0.520. The molecule has 0 aliphatic heterocycles. The van der Waals surface area contributed by atoms with Gasteiger partial charge in [0.15, 0.2) is 0 Å². The van der Waals surface area contributed by atoms with E-state index in [1.165, 1.54) is 24.8 Å². The molecule has 1 heterocycles. The minimum absolute atomic E-state index is 0.189. The average Bonchev–Trinajstić information content (AvgIpc) is 3.62. The van der Waals surface area contributed by atoms with Crippen LogP contribution in [0.2, 0.25) is 0 Å². The molecule has 2 aliphatic carbocycles. The molecule has 39 heavy (non-hydrogen) atoms. The zero-order valence-corrected chi connectivity index (χ0v) is 23.7. The van der Waals surface area contributed by atoms with Crippen LogP contribution in [0.5, 0.6) is 5.75 Å². The summed E-state index contributed by atoms with van der Waals surface area (Å²) < 4.78 is 34.8. The zero-order valence-electron chi connectivity index (χ0n) is 22.9. The maximum atomic E-state index is 13.1. The molecule has 0 unspecified atom stereocenters. The number of rotatable bonds is 10. The van der Waals surface area contributed by atoms with Crippen LogP contribution in [0.3, 0.4) is 0 Å². The molecular formula is C30H38N2O6S. The van der Waals surface area contributed by atoms with Gasteiger partial charge < -0.3 is 9.30 Å². The first kappa shape index (κ1) is 27.7. The van der Waals surface area contributed by atoms with E-state index in [9.17, 15) is 18.5 Å². The minimum Gasteiger partial charge on any atom is -0.497 e. The van der Waals surface area contributed by atoms with Gasteiger partial charge >= 0.3 is 0 Å². The molecule has 2 N–H and O–H groups in total. The number of fused-ring (bicyclic) bond motifs is 1. The van der Waals surface area contributed by atoms with E-state index in [-0.39, 0.29) is 12.0 Å². The standard InChI is InChI=1S/C30H38N2O6S/c1-20(2)39(35,36)31-29(33)23-11-14-25-26(17-23)32(18-30(15-16-30)19-38-34)28(22-9-12-24(37-3)13-10-22)27(25)21-7-5-4-6-8-21/h9-14,17,20-21,34H,4-8,15-16,18-19H2,1-3H3,(H,31,33). The first-order chi connectivity index (χ1) is 18.7. The molecule has 9 heteroatoms. The smallest absolute Gasteiger partial charge is 0.264 e. The summed E-state index contributed by atoms with van der Waals surface area (Å²) in [4.78, 5) is 17.7. The number of carbonyl (C=O) groups is 1. The third-order valence-corrected chi connectivity index (χ3v) is 10.1. The fraction of sp³-hybridized carbons (Fsp3) is 0.500. The van der Waals surface area contributed by atoms with Crippen LogP contribution in [-0.2, 0) is 21.5 Å². The SMILES string of the molecule is COc1ccc(-c2c(C3CCCCC3)c3ccc(C(=O)NS(=O)(=O)C(C)C)cc3n2CC2(COO)CC2)cc1. The molecule has 0 bridgehead atoms. The number of nitrogens with one attached hydrogen (secondary N) is 1. The van der Waals surface area contributed by atoms with Crippen LogP contribution in [0.25, 0.3) is 22.2 Å². The first-order valence-electron chi connectivity index (χ1n) is 13.8. The summed E-state index contributed by atoms with van der Waals surface area (Å²) >= 11 is 0. The molecule has 2 aliphatic rings. The molecule has 3 aromatic rings. The molecule has 2 fully saturated rings. The number of carbonyl (C=O) groups excluding carboxylic acids is 1. The van der Waals surface area contributed by atoms with E-state index >= 15 is 0 Å². The van der Waals surface area contributed by atoms with Gasteiger partial charge in [0.25, 0.3) is 5.91 Å². The van der Waals surface area contributed by atoms with Crippen LogP contribution >= 0.6 is 0 Å². The predicted molar refractivity (Wildman–Crippen MR) is 152 cm³/mol. The monoisotopic (exact) mass is 554 g/mol. The molecule has 210 valence electrons. The van der Waals surface area contributed by atoms with E-state index in [1.54, 1.807) is 27.0 Å². The molecule has 2 aromatic carbocycles.